The minimum absolute atomic E-state index is 0.699. The van der Waals surface area contributed by atoms with Crippen molar-refractivity contribution < 1.29 is 0 Å². The molecule has 1 aliphatic carbocycles. The van der Waals surface area contributed by atoms with E-state index in [-0.39, 0.29) is 0 Å². The van der Waals surface area contributed by atoms with Gasteiger partial charge in [0.15, 0.2) is 5.82 Å². The van der Waals surface area contributed by atoms with E-state index in [4.69, 9.17) is 5.73 Å². The first-order valence-corrected chi connectivity index (χ1v) is 6.78. The fourth-order valence-electron chi connectivity index (χ4n) is 2.28. The molecule has 1 aromatic heterocycles. The molecule has 2 N–H and O–H groups in total. The number of nitrogen functional groups attached to an aromatic ring is 1. The second-order valence-electron chi connectivity index (χ2n) is 4.92. The van der Waals surface area contributed by atoms with Gasteiger partial charge in [-0.15, -0.1) is 0 Å². The van der Waals surface area contributed by atoms with Crippen LogP contribution < -0.4 is 10.6 Å². The number of rotatable bonds is 6. The van der Waals surface area contributed by atoms with Crippen molar-refractivity contribution in [2.75, 3.05) is 17.2 Å². The van der Waals surface area contributed by atoms with E-state index in [1.165, 1.54) is 25.7 Å². The predicted octanol–water partition coefficient (Wildman–Crippen LogP) is 2.56. The Labute approximate surface area is 104 Å². The number of aryl methyl sites for hydroxylation is 2. The minimum Gasteiger partial charge on any atom is -0.394 e. The van der Waals surface area contributed by atoms with Crippen LogP contribution >= 0.6 is 0 Å². The quantitative estimate of drug-likeness (QED) is 0.825. The van der Waals surface area contributed by atoms with Gasteiger partial charge in [0.2, 0.25) is 0 Å². The molecule has 1 aliphatic rings. The Morgan fingerprint density at radius 2 is 2.12 bits per heavy atom. The van der Waals surface area contributed by atoms with Crippen LogP contribution in [-0.2, 0) is 6.54 Å². The van der Waals surface area contributed by atoms with Gasteiger partial charge < -0.3 is 10.6 Å². The first-order chi connectivity index (χ1) is 8.19. The third-order valence-corrected chi connectivity index (χ3v) is 3.46. The van der Waals surface area contributed by atoms with E-state index in [1.807, 2.05) is 6.92 Å². The van der Waals surface area contributed by atoms with Crippen LogP contribution in [-0.4, -0.2) is 22.4 Å². The molecule has 4 nitrogen and oxygen atoms in total. The molecule has 0 saturated heterocycles. The number of nitrogens with two attached hydrogens (primary N) is 1. The summed E-state index contributed by atoms with van der Waals surface area (Å²) in [6.45, 7) is 8.35. The molecule has 0 radical (unpaired) electrons. The molecule has 1 aromatic rings. The number of hydrogen-bond donors (Lipinski definition) is 1. The van der Waals surface area contributed by atoms with Gasteiger partial charge in [0.05, 0.1) is 11.4 Å². The zero-order chi connectivity index (χ0) is 12.4. The minimum atomic E-state index is 0.699. The summed E-state index contributed by atoms with van der Waals surface area (Å²) in [6, 6.07) is 0.699. The van der Waals surface area contributed by atoms with E-state index < -0.39 is 0 Å². The monoisotopic (exact) mass is 236 g/mol. The number of anilines is 2. The number of unbranched alkanes of at least 4 members (excludes halogenated alkanes) is 1. The lowest BCUT2D eigenvalue weighted by atomic mass is 10.3. The standard InChI is InChI=1S/C13H24N4/c1-4-6-9-16(11-7-8-11)13-12(14)10(3)15-17(13)5-2/h11H,4-9,14H2,1-3H3. The van der Waals surface area contributed by atoms with Crippen molar-refractivity contribution >= 4 is 11.5 Å². The largest absolute Gasteiger partial charge is 0.394 e. The van der Waals surface area contributed by atoms with Crippen molar-refractivity contribution in [3.63, 3.8) is 0 Å². The number of hydrogen-bond acceptors (Lipinski definition) is 3. The molecule has 2 rings (SSSR count). The fraction of sp³-hybridized carbons (Fsp3) is 0.769. The Bertz CT molecular complexity index is 379. The molecule has 0 aromatic carbocycles. The van der Waals surface area contributed by atoms with Crippen LogP contribution in [0.15, 0.2) is 0 Å². The predicted molar refractivity (Wildman–Crippen MR) is 72.3 cm³/mol. The van der Waals surface area contributed by atoms with Gasteiger partial charge in [0, 0.05) is 19.1 Å². The van der Waals surface area contributed by atoms with Crippen molar-refractivity contribution in [3.05, 3.63) is 5.69 Å². The Morgan fingerprint density at radius 1 is 1.41 bits per heavy atom. The molecule has 1 fully saturated rings. The molecule has 96 valence electrons. The average molecular weight is 236 g/mol. The summed E-state index contributed by atoms with van der Waals surface area (Å²) in [4.78, 5) is 2.47. The lowest BCUT2D eigenvalue weighted by molar-refractivity contribution is 0.615. The van der Waals surface area contributed by atoms with Crippen LogP contribution in [0.1, 0.15) is 45.2 Å². The van der Waals surface area contributed by atoms with Gasteiger partial charge in [0.25, 0.3) is 0 Å². The van der Waals surface area contributed by atoms with Gasteiger partial charge in [-0.1, -0.05) is 13.3 Å². The molecule has 0 atom stereocenters. The van der Waals surface area contributed by atoms with E-state index in [2.05, 4.69) is 28.5 Å². The summed E-state index contributed by atoms with van der Waals surface area (Å²) in [5, 5.41) is 4.52. The Hall–Kier alpha value is -1.19. The van der Waals surface area contributed by atoms with Crippen LogP contribution in [0, 0.1) is 6.92 Å². The van der Waals surface area contributed by atoms with Gasteiger partial charge in [-0.2, -0.15) is 5.10 Å². The van der Waals surface area contributed by atoms with Gasteiger partial charge in [-0.25, -0.2) is 4.68 Å². The maximum Gasteiger partial charge on any atom is 0.150 e. The highest BCUT2D eigenvalue weighted by atomic mass is 15.4. The van der Waals surface area contributed by atoms with Crippen molar-refractivity contribution in [1.82, 2.24) is 9.78 Å². The Morgan fingerprint density at radius 3 is 2.65 bits per heavy atom. The Kier molecular flexibility index (Phi) is 3.60. The van der Waals surface area contributed by atoms with Crippen LogP contribution in [0.4, 0.5) is 11.5 Å². The van der Waals surface area contributed by atoms with Gasteiger partial charge in [-0.3, -0.25) is 0 Å². The highest BCUT2D eigenvalue weighted by molar-refractivity contribution is 5.67. The highest BCUT2D eigenvalue weighted by Crippen LogP contribution is 2.36. The van der Waals surface area contributed by atoms with E-state index >= 15 is 0 Å². The molecule has 4 heteroatoms. The second kappa shape index (κ2) is 4.98. The van der Waals surface area contributed by atoms with E-state index in [0.29, 0.717) is 6.04 Å². The zero-order valence-corrected chi connectivity index (χ0v) is 11.2. The normalized spacial score (nSPS) is 15.2. The number of nitrogens with zero attached hydrogens (tertiary/aromatic N) is 3. The average Bonchev–Trinajstić information content (AvgIpc) is 3.11. The van der Waals surface area contributed by atoms with Crippen LogP contribution in [0.5, 0.6) is 0 Å². The van der Waals surface area contributed by atoms with Gasteiger partial charge >= 0.3 is 0 Å². The second-order valence-corrected chi connectivity index (χ2v) is 4.92. The van der Waals surface area contributed by atoms with Crippen LogP contribution in [0.25, 0.3) is 0 Å². The molecule has 17 heavy (non-hydrogen) atoms. The topological polar surface area (TPSA) is 47.1 Å². The molecule has 0 unspecified atom stereocenters. The third-order valence-electron chi connectivity index (χ3n) is 3.46. The van der Waals surface area contributed by atoms with E-state index in [1.54, 1.807) is 0 Å². The summed E-state index contributed by atoms with van der Waals surface area (Å²) in [5.74, 6) is 1.15. The molecule has 0 bridgehead atoms. The maximum atomic E-state index is 6.19. The lowest BCUT2D eigenvalue weighted by Gasteiger charge is -2.25. The zero-order valence-electron chi connectivity index (χ0n) is 11.2. The summed E-state index contributed by atoms with van der Waals surface area (Å²) in [6.07, 6.45) is 5.06. The first-order valence-electron chi connectivity index (χ1n) is 6.78. The SMILES string of the molecule is CCCCN(c1c(N)c(C)nn1CC)C1CC1. The highest BCUT2D eigenvalue weighted by Gasteiger charge is 2.32. The lowest BCUT2D eigenvalue weighted by Crippen LogP contribution is -2.30. The molecule has 0 aliphatic heterocycles. The van der Waals surface area contributed by atoms with Crippen LogP contribution in [0.3, 0.4) is 0 Å². The molecule has 1 heterocycles. The van der Waals surface area contributed by atoms with Crippen molar-refractivity contribution in [2.24, 2.45) is 0 Å². The fourth-order valence-corrected chi connectivity index (χ4v) is 2.28. The maximum absolute atomic E-state index is 6.19. The summed E-state index contributed by atoms with van der Waals surface area (Å²) >= 11 is 0. The molecular formula is C13H24N4. The van der Waals surface area contributed by atoms with E-state index in [9.17, 15) is 0 Å². The third kappa shape index (κ3) is 2.40. The molecule has 1 saturated carbocycles. The van der Waals surface area contributed by atoms with Crippen molar-refractivity contribution in [1.29, 1.82) is 0 Å². The number of aromatic nitrogens is 2. The van der Waals surface area contributed by atoms with Crippen molar-refractivity contribution in [3.8, 4) is 0 Å². The smallest absolute Gasteiger partial charge is 0.150 e. The van der Waals surface area contributed by atoms with Gasteiger partial charge in [0.1, 0.15) is 0 Å². The first kappa shape index (κ1) is 12.3. The Balaban J connectivity index is 2.27. The van der Waals surface area contributed by atoms with Gasteiger partial charge in [-0.05, 0) is 33.1 Å². The molecule has 0 amide bonds. The molecular weight excluding hydrogens is 212 g/mol. The van der Waals surface area contributed by atoms with Crippen molar-refractivity contribution in [2.45, 2.75) is 59.0 Å². The molecule has 0 spiro atoms. The summed E-state index contributed by atoms with van der Waals surface area (Å²) < 4.78 is 2.05. The van der Waals surface area contributed by atoms with Crippen LogP contribution in [0.2, 0.25) is 0 Å². The summed E-state index contributed by atoms with van der Waals surface area (Å²) in [7, 11) is 0. The summed E-state index contributed by atoms with van der Waals surface area (Å²) in [5.41, 5.74) is 8.02. The van der Waals surface area contributed by atoms with E-state index in [0.717, 1.165) is 30.3 Å².